The summed E-state index contributed by atoms with van der Waals surface area (Å²) < 4.78 is 0. The highest BCUT2D eigenvalue weighted by atomic mass is 16.4. The van der Waals surface area contributed by atoms with Crippen LogP contribution in [0.15, 0.2) is 24.3 Å². The normalized spacial score (nSPS) is 9.92. The second-order valence-electron chi connectivity index (χ2n) is 7.13. The first-order valence-corrected chi connectivity index (χ1v) is 7.74. The van der Waals surface area contributed by atoms with Crippen molar-refractivity contribution in [3.05, 3.63) is 24.3 Å². The molecule has 8 nitrogen and oxygen atoms in total. The number of carboxylic acids is 2. The predicted octanol–water partition coefficient (Wildman–Crippen LogP) is 1.29. The highest BCUT2D eigenvalue weighted by molar-refractivity contribution is 5.85. The van der Waals surface area contributed by atoms with Crippen LogP contribution in [0.1, 0.15) is 41.5 Å². The van der Waals surface area contributed by atoms with Gasteiger partial charge in [-0.15, -0.1) is 0 Å². The number of rotatable bonds is 6. The van der Waals surface area contributed by atoms with Crippen molar-refractivity contribution in [3.63, 3.8) is 0 Å². The number of aliphatic hydroxyl groups is 4. The van der Waals surface area contributed by atoms with E-state index < -0.39 is 11.9 Å². The molecule has 0 aromatic heterocycles. The SMILES string of the molecule is C=C(C)C(=O)O.C=C(C)C(=O)O.CC(C)(CO)CO.CC(C)(CO)CO. The number of carbonyl (C=O) groups is 2. The van der Waals surface area contributed by atoms with Gasteiger partial charge in [0.2, 0.25) is 0 Å². The van der Waals surface area contributed by atoms with Crippen LogP contribution < -0.4 is 0 Å². The largest absolute Gasteiger partial charge is 0.478 e. The van der Waals surface area contributed by atoms with Gasteiger partial charge in [0.05, 0.1) is 26.4 Å². The molecule has 0 aromatic rings. The fraction of sp³-hybridized carbons (Fsp3) is 0.667. The van der Waals surface area contributed by atoms with Gasteiger partial charge in [0.15, 0.2) is 0 Å². The summed E-state index contributed by atoms with van der Waals surface area (Å²) in [5, 5.41) is 49.5. The van der Waals surface area contributed by atoms with E-state index in [1.54, 1.807) is 27.7 Å². The van der Waals surface area contributed by atoms with Crippen molar-refractivity contribution in [2.24, 2.45) is 10.8 Å². The maximum absolute atomic E-state index is 9.60. The summed E-state index contributed by atoms with van der Waals surface area (Å²) in [6.07, 6.45) is 0. The summed E-state index contributed by atoms with van der Waals surface area (Å²) in [5.74, 6) is -1.87. The van der Waals surface area contributed by atoms with Gasteiger partial charge in [-0.3, -0.25) is 0 Å². The Kier molecular flexibility index (Phi) is 20.6. The summed E-state index contributed by atoms with van der Waals surface area (Å²) in [6, 6.07) is 0. The lowest BCUT2D eigenvalue weighted by atomic mass is 9.97. The molecule has 0 amide bonds. The predicted molar refractivity (Wildman–Crippen MR) is 101 cm³/mol. The minimum atomic E-state index is -0.935. The van der Waals surface area contributed by atoms with Crippen molar-refractivity contribution in [2.45, 2.75) is 41.5 Å². The van der Waals surface area contributed by atoms with E-state index in [0.717, 1.165) is 0 Å². The molecule has 8 heteroatoms. The van der Waals surface area contributed by atoms with Crippen LogP contribution in [0.5, 0.6) is 0 Å². The van der Waals surface area contributed by atoms with Gasteiger partial charge in [0.25, 0.3) is 0 Å². The molecule has 0 unspecified atom stereocenters. The molecule has 0 saturated heterocycles. The average Bonchev–Trinajstić information content (AvgIpc) is 2.56. The number of aliphatic hydroxyl groups excluding tert-OH is 4. The van der Waals surface area contributed by atoms with Crippen molar-refractivity contribution in [1.29, 1.82) is 0 Å². The summed E-state index contributed by atoms with van der Waals surface area (Å²) in [6.45, 7) is 16.6. The van der Waals surface area contributed by atoms with Gasteiger partial charge in [0.1, 0.15) is 0 Å². The van der Waals surface area contributed by atoms with E-state index in [1.165, 1.54) is 13.8 Å². The third-order valence-electron chi connectivity index (χ3n) is 2.44. The van der Waals surface area contributed by atoms with Crippen LogP contribution in [0.3, 0.4) is 0 Å². The molecule has 0 radical (unpaired) electrons. The molecule has 26 heavy (non-hydrogen) atoms. The molecule has 0 atom stereocenters. The van der Waals surface area contributed by atoms with Crippen LogP contribution in [-0.2, 0) is 9.59 Å². The number of aliphatic carboxylic acids is 2. The fourth-order valence-corrected chi connectivity index (χ4v) is 0.1000. The zero-order valence-electron chi connectivity index (χ0n) is 16.7. The number of hydrogen-bond donors (Lipinski definition) is 6. The zero-order valence-corrected chi connectivity index (χ0v) is 16.7. The summed E-state index contributed by atoms with van der Waals surface area (Å²) >= 11 is 0. The molecule has 0 heterocycles. The van der Waals surface area contributed by atoms with E-state index in [2.05, 4.69) is 13.2 Å². The maximum atomic E-state index is 9.60. The first-order valence-electron chi connectivity index (χ1n) is 7.74. The molecule has 0 rings (SSSR count). The van der Waals surface area contributed by atoms with Crippen molar-refractivity contribution >= 4 is 11.9 Å². The van der Waals surface area contributed by atoms with Gasteiger partial charge < -0.3 is 30.6 Å². The van der Waals surface area contributed by atoms with Gasteiger partial charge in [0, 0.05) is 22.0 Å². The Bertz CT molecular complexity index is 349. The second kappa shape index (κ2) is 16.7. The molecular weight excluding hydrogens is 344 g/mol. The first-order chi connectivity index (χ1) is 11.5. The van der Waals surface area contributed by atoms with Gasteiger partial charge in [-0.25, -0.2) is 9.59 Å². The molecule has 156 valence electrons. The Hall–Kier alpha value is -1.74. The molecule has 0 saturated carbocycles. The Morgan fingerprint density at radius 2 is 0.769 bits per heavy atom. The molecule has 0 aliphatic carbocycles. The van der Waals surface area contributed by atoms with E-state index >= 15 is 0 Å². The van der Waals surface area contributed by atoms with E-state index in [-0.39, 0.29) is 48.4 Å². The van der Waals surface area contributed by atoms with Crippen LogP contribution in [0, 0.1) is 10.8 Å². The van der Waals surface area contributed by atoms with Gasteiger partial charge in [-0.05, 0) is 13.8 Å². The van der Waals surface area contributed by atoms with Gasteiger partial charge in [-0.2, -0.15) is 0 Å². The Balaban J connectivity index is -0.000000124. The summed E-state index contributed by atoms with van der Waals surface area (Å²) in [4.78, 5) is 19.2. The second-order valence-corrected chi connectivity index (χ2v) is 7.13. The van der Waals surface area contributed by atoms with Gasteiger partial charge >= 0.3 is 11.9 Å². The van der Waals surface area contributed by atoms with E-state index in [0.29, 0.717) is 0 Å². The smallest absolute Gasteiger partial charge is 0.330 e. The lowest BCUT2D eigenvalue weighted by Gasteiger charge is -2.16. The molecular formula is C18H36O8. The monoisotopic (exact) mass is 380 g/mol. The standard InChI is InChI=1S/2C5H12O2.2C4H6O2/c2*1-5(2,3-6)4-7;2*1-3(2)4(5)6/h2*6-7H,3-4H2,1-2H3;2*1H2,2H3,(H,5,6). The maximum Gasteiger partial charge on any atom is 0.330 e. The summed E-state index contributed by atoms with van der Waals surface area (Å²) in [7, 11) is 0. The topological polar surface area (TPSA) is 156 Å². The first kappa shape index (κ1) is 32.0. The molecule has 6 N–H and O–H groups in total. The molecule has 0 aliphatic heterocycles. The zero-order chi connectivity index (χ0) is 22.1. The average molecular weight is 380 g/mol. The third kappa shape index (κ3) is 30.2. The lowest BCUT2D eigenvalue weighted by molar-refractivity contribution is -0.133. The molecule has 0 spiro atoms. The Morgan fingerprint density at radius 3 is 0.769 bits per heavy atom. The molecule has 0 fully saturated rings. The Morgan fingerprint density at radius 1 is 0.654 bits per heavy atom. The van der Waals surface area contributed by atoms with Crippen molar-refractivity contribution in [3.8, 4) is 0 Å². The highest BCUT2D eigenvalue weighted by Crippen LogP contribution is 2.10. The van der Waals surface area contributed by atoms with E-state index in [9.17, 15) is 9.59 Å². The minimum Gasteiger partial charge on any atom is -0.478 e. The minimum absolute atomic E-state index is 0.0451. The third-order valence-corrected chi connectivity index (χ3v) is 2.44. The van der Waals surface area contributed by atoms with Crippen molar-refractivity contribution in [2.75, 3.05) is 26.4 Å². The lowest BCUT2D eigenvalue weighted by Crippen LogP contribution is -2.20. The molecule has 0 aliphatic rings. The highest BCUT2D eigenvalue weighted by Gasteiger charge is 2.13. The van der Waals surface area contributed by atoms with E-state index in [4.69, 9.17) is 30.6 Å². The molecule has 0 bridgehead atoms. The van der Waals surface area contributed by atoms with Crippen molar-refractivity contribution < 1.29 is 40.2 Å². The van der Waals surface area contributed by atoms with Crippen LogP contribution in [0.25, 0.3) is 0 Å². The van der Waals surface area contributed by atoms with Crippen LogP contribution in [0.2, 0.25) is 0 Å². The quantitative estimate of drug-likeness (QED) is 0.376. The Labute approximate surface area is 156 Å². The summed E-state index contributed by atoms with van der Waals surface area (Å²) in [5.41, 5.74) is -0.259. The van der Waals surface area contributed by atoms with Gasteiger partial charge in [-0.1, -0.05) is 40.9 Å². The number of carboxylic acid groups (broad SMARTS) is 2. The van der Waals surface area contributed by atoms with Crippen LogP contribution >= 0.6 is 0 Å². The van der Waals surface area contributed by atoms with E-state index in [1.807, 2.05) is 0 Å². The van der Waals surface area contributed by atoms with Crippen molar-refractivity contribution in [1.82, 2.24) is 0 Å². The molecule has 0 aromatic carbocycles. The van der Waals surface area contributed by atoms with Crippen LogP contribution in [0.4, 0.5) is 0 Å². The number of hydrogen-bond acceptors (Lipinski definition) is 6. The van der Waals surface area contributed by atoms with Crippen LogP contribution in [-0.4, -0.2) is 69.0 Å². The fourth-order valence-electron chi connectivity index (χ4n) is 0.1000.